The summed E-state index contributed by atoms with van der Waals surface area (Å²) in [6, 6.07) is 2.03. The lowest BCUT2D eigenvalue weighted by Gasteiger charge is -2.24. The normalized spacial score (nSPS) is 18.7. The van der Waals surface area contributed by atoms with Crippen molar-refractivity contribution in [3.8, 4) is 0 Å². The highest BCUT2D eigenvalue weighted by Crippen LogP contribution is 2.26. The summed E-state index contributed by atoms with van der Waals surface area (Å²) in [5.74, 6) is -2.62. The number of pyridine rings is 1. The summed E-state index contributed by atoms with van der Waals surface area (Å²) in [4.78, 5) is 27.8. The quantitative estimate of drug-likeness (QED) is 0.818. The SMILES string of the molecule is O=C(Nc1ccc(Br)nc1)C1CCCN1C(=O)C(F)(F)F. The first-order chi connectivity index (χ1) is 9.79. The van der Waals surface area contributed by atoms with Crippen LogP contribution in [0, 0.1) is 0 Å². The Labute approximate surface area is 126 Å². The Balaban J connectivity index is 2.07. The summed E-state index contributed by atoms with van der Waals surface area (Å²) in [7, 11) is 0. The minimum atomic E-state index is -4.97. The molecule has 5 nitrogen and oxygen atoms in total. The van der Waals surface area contributed by atoms with Gasteiger partial charge in [0.25, 0.3) is 0 Å². The van der Waals surface area contributed by atoms with Gasteiger partial charge in [0.1, 0.15) is 10.6 Å². The average Bonchev–Trinajstić information content (AvgIpc) is 2.88. The molecule has 2 heterocycles. The molecule has 0 saturated carbocycles. The van der Waals surface area contributed by atoms with Gasteiger partial charge in [0, 0.05) is 6.54 Å². The summed E-state index contributed by atoms with van der Waals surface area (Å²) < 4.78 is 38.0. The van der Waals surface area contributed by atoms with Crippen LogP contribution < -0.4 is 5.32 Å². The number of likely N-dealkylation sites (tertiary alicyclic amines) is 1. The fraction of sp³-hybridized carbons (Fsp3) is 0.417. The summed E-state index contributed by atoms with van der Waals surface area (Å²) in [6.45, 7) is -0.0744. The Morgan fingerprint density at radius 2 is 2.10 bits per heavy atom. The molecule has 114 valence electrons. The van der Waals surface area contributed by atoms with Crippen molar-refractivity contribution in [2.45, 2.75) is 25.1 Å². The number of amides is 2. The van der Waals surface area contributed by atoms with E-state index in [1.165, 1.54) is 6.20 Å². The van der Waals surface area contributed by atoms with E-state index in [4.69, 9.17) is 0 Å². The fourth-order valence-corrected chi connectivity index (χ4v) is 2.36. The molecule has 0 radical (unpaired) electrons. The van der Waals surface area contributed by atoms with Crippen molar-refractivity contribution in [3.63, 3.8) is 0 Å². The number of anilines is 1. The third-order valence-corrected chi connectivity index (χ3v) is 3.52. The van der Waals surface area contributed by atoms with Gasteiger partial charge in [-0.2, -0.15) is 13.2 Å². The van der Waals surface area contributed by atoms with Crippen LogP contribution in [0.4, 0.5) is 18.9 Å². The van der Waals surface area contributed by atoms with Crippen molar-refractivity contribution >= 4 is 33.4 Å². The lowest BCUT2D eigenvalue weighted by Crippen LogP contribution is -2.48. The van der Waals surface area contributed by atoms with Crippen molar-refractivity contribution in [1.82, 2.24) is 9.88 Å². The molecule has 1 aromatic rings. The molecule has 21 heavy (non-hydrogen) atoms. The molecule has 0 bridgehead atoms. The molecule has 1 saturated heterocycles. The number of hydrogen-bond donors (Lipinski definition) is 1. The van der Waals surface area contributed by atoms with Crippen molar-refractivity contribution in [1.29, 1.82) is 0 Å². The molecule has 1 aromatic heterocycles. The zero-order valence-corrected chi connectivity index (χ0v) is 12.2. The third-order valence-electron chi connectivity index (χ3n) is 3.05. The van der Waals surface area contributed by atoms with Crippen molar-refractivity contribution in [2.75, 3.05) is 11.9 Å². The van der Waals surface area contributed by atoms with Gasteiger partial charge in [-0.25, -0.2) is 4.98 Å². The number of nitrogens with one attached hydrogen (secondary N) is 1. The van der Waals surface area contributed by atoms with Crippen molar-refractivity contribution in [2.24, 2.45) is 0 Å². The van der Waals surface area contributed by atoms with E-state index < -0.39 is 24.0 Å². The van der Waals surface area contributed by atoms with E-state index in [0.29, 0.717) is 21.6 Å². The number of aromatic nitrogens is 1. The molecule has 1 N–H and O–H groups in total. The lowest BCUT2D eigenvalue weighted by atomic mass is 10.2. The number of carbonyl (C=O) groups excluding carboxylic acids is 2. The van der Waals surface area contributed by atoms with Gasteiger partial charge in [-0.05, 0) is 40.9 Å². The number of alkyl halides is 3. The minimum absolute atomic E-state index is 0.0744. The first kappa shape index (κ1) is 15.7. The lowest BCUT2D eigenvalue weighted by molar-refractivity contribution is -0.186. The summed E-state index contributed by atoms with van der Waals surface area (Å²) in [5.41, 5.74) is 0.356. The molecular formula is C12H11BrF3N3O2. The zero-order valence-electron chi connectivity index (χ0n) is 10.7. The Bertz CT molecular complexity index is 548. The van der Waals surface area contributed by atoms with Crippen LogP contribution in [0.3, 0.4) is 0 Å². The van der Waals surface area contributed by atoms with Crippen LogP contribution in [-0.4, -0.2) is 40.5 Å². The molecular weight excluding hydrogens is 355 g/mol. The predicted octanol–water partition coefficient (Wildman–Crippen LogP) is 2.34. The van der Waals surface area contributed by atoms with E-state index >= 15 is 0 Å². The van der Waals surface area contributed by atoms with Gasteiger partial charge in [-0.3, -0.25) is 9.59 Å². The van der Waals surface area contributed by atoms with Crippen molar-refractivity contribution < 1.29 is 22.8 Å². The highest BCUT2D eigenvalue weighted by molar-refractivity contribution is 9.10. The van der Waals surface area contributed by atoms with Crippen LogP contribution in [0.15, 0.2) is 22.9 Å². The smallest absolute Gasteiger partial charge is 0.323 e. The highest BCUT2D eigenvalue weighted by Gasteiger charge is 2.47. The molecule has 2 amide bonds. The van der Waals surface area contributed by atoms with Crippen LogP contribution in [-0.2, 0) is 9.59 Å². The van der Waals surface area contributed by atoms with Gasteiger partial charge in [0.15, 0.2) is 0 Å². The summed E-state index contributed by atoms with van der Waals surface area (Å²) >= 11 is 3.13. The molecule has 1 unspecified atom stereocenters. The Hall–Kier alpha value is -1.64. The van der Waals surface area contributed by atoms with Crippen LogP contribution in [0.1, 0.15) is 12.8 Å². The van der Waals surface area contributed by atoms with Crippen LogP contribution in [0.5, 0.6) is 0 Å². The molecule has 1 aliphatic heterocycles. The second-order valence-electron chi connectivity index (χ2n) is 4.51. The molecule has 0 aliphatic carbocycles. The summed E-state index contributed by atoms with van der Waals surface area (Å²) in [6.07, 6.45) is -3.04. The number of rotatable bonds is 2. The standard InChI is InChI=1S/C12H11BrF3N3O2/c13-9-4-3-7(6-17-9)18-10(20)8-2-1-5-19(8)11(21)12(14,15)16/h3-4,6,8H,1-2,5H2,(H,18,20). The molecule has 0 spiro atoms. The van der Waals surface area contributed by atoms with Gasteiger partial charge in [-0.1, -0.05) is 0 Å². The Morgan fingerprint density at radius 1 is 1.38 bits per heavy atom. The predicted molar refractivity (Wildman–Crippen MR) is 71.4 cm³/mol. The maximum absolute atomic E-state index is 12.5. The topological polar surface area (TPSA) is 62.3 Å². The second kappa shape index (κ2) is 6.00. The maximum atomic E-state index is 12.5. The number of halogens is 4. The maximum Gasteiger partial charge on any atom is 0.471 e. The second-order valence-corrected chi connectivity index (χ2v) is 5.33. The fourth-order valence-electron chi connectivity index (χ4n) is 2.12. The van der Waals surface area contributed by atoms with E-state index in [2.05, 4.69) is 26.2 Å². The molecule has 1 aliphatic rings. The molecule has 2 rings (SSSR count). The van der Waals surface area contributed by atoms with Crippen molar-refractivity contribution in [3.05, 3.63) is 22.9 Å². The first-order valence-electron chi connectivity index (χ1n) is 6.09. The van der Waals surface area contributed by atoms with Gasteiger partial charge < -0.3 is 10.2 Å². The van der Waals surface area contributed by atoms with E-state index in [9.17, 15) is 22.8 Å². The molecule has 9 heteroatoms. The molecule has 0 aromatic carbocycles. The monoisotopic (exact) mass is 365 g/mol. The van der Waals surface area contributed by atoms with Crippen LogP contribution in [0.2, 0.25) is 0 Å². The summed E-state index contributed by atoms with van der Waals surface area (Å²) in [5, 5.41) is 2.46. The number of hydrogen-bond acceptors (Lipinski definition) is 3. The number of nitrogens with zero attached hydrogens (tertiary/aromatic N) is 2. The largest absolute Gasteiger partial charge is 0.471 e. The third kappa shape index (κ3) is 3.72. The van der Waals surface area contributed by atoms with Gasteiger partial charge in [0.2, 0.25) is 5.91 Å². The Morgan fingerprint density at radius 3 is 2.67 bits per heavy atom. The van der Waals surface area contributed by atoms with E-state index in [0.717, 1.165) is 0 Å². The van der Waals surface area contributed by atoms with Gasteiger partial charge >= 0.3 is 12.1 Å². The van der Waals surface area contributed by atoms with E-state index in [1.54, 1.807) is 12.1 Å². The molecule has 1 atom stereocenters. The van der Waals surface area contributed by atoms with Gasteiger partial charge in [-0.15, -0.1) is 0 Å². The molecule has 1 fully saturated rings. The van der Waals surface area contributed by atoms with Gasteiger partial charge in [0.05, 0.1) is 11.9 Å². The zero-order chi connectivity index (χ0) is 15.6. The van der Waals surface area contributed by atoms with E-state index in [1.807, 2.05) is 0 Å². The van der Waals surface area contributed by atoms with Crippen LogP contribution in [0.25, 0.3) is 0 Å². The number of carbonyl (C=O) groups is 2. The highest BCUT2D eigenvalue weighted by atomic mass is 79.9. The van der Waals surface area contributed by atoms with Crippen LogP contribution >= 0.6 is 15.9 Å². The Kier molecular flexibility index (Phi) is 4.50. The average molecular weight is 366 g/mol. The first-order valence-corrected chi connectivity index (χ1v) is 6.88. The van der Waals surface area contributed by atoms with E-state index in [-0.39, 0.29) is 13.0 Å². The minimum Gasteiger partial charge on any atom is -0.323 e.